The third-order valence-electron chi connectivity index (χ3n) is 0.667. The van der Waals surface area contributed by atoms with Crippen LogP contribution in [0, 0.1) is 0 Å². The van der Waals surface area contributed by atoms with Gasteiger partial charge in [0.15, 0.2) is 0 Å². The number of benzene rings is 1. The van der Waals surface area contributed by atoms with Crippen LogP contribution in [0.1, 0.15) is 0 Å². The van der Waals surface area contributed by atoms with Gasteiger partial charge in [0.05, 0.1) is 0 Å². The Balaban J connectivity index is -0.000000114. The van der Waals surface area contributed by atoms with Gasteiger partial charge in [0, 0.05) is 27.7 Å². The maximum atomic E-state index is 8.00. The zero-order valence-corrected chi connectivity index (χ0v) is 17.0. The summed E-state index contributed by atoms with van der Waals surface area (Å²) in [6.07, 6.45) is 0. The van der Waals surface area contributed by atoms with Crippen molar-refractivity contribution in [3.63, 3.8) is 0 Å². The number of hydrogen-bond acceptors (Lipinski definition) is 1. The van der Waals surface area contributed by atoms with Gasteiger partial charge in [-0.05, 0) is 0 Å². The first kappa shape index (κ1) is 17.0. The van der Waals surface area contributed by atoms with Crippen molar-refractivity contribution in [2.45, 2.75) is 0 Å². The van der Waals surface area contributed by atoms with Crippen molar-refractivity contribution in [1.82, 2.24) is 0 Å². The molecule has 3 heteroatoms. The Morgan fingerprint density at radius 1 is 0.700 bits per heavy atom. The summed E-state index contributed by atoms with van der Waals surface area (Å²) in [5.74, 6) is 0. The van der Waals surface area contributed by atoms with E-state index in [1.807, 2.05) is 43.2 Å². The summed E-state index contributed by atoms with van der Waals surface area (Å²) in [4.78, 5) is 8.00. The van der Waals surface area contributed by atoms with E-state index in [2.05, 4.69) is 0 Å². The first-order valence-corrected chi connectivity index (χ1v) is 2.29. The van der Waals surface area contributed by atoms with E-state index in [1.165, 1.54) is 0 Å². The minimum absolute atomic E-state index is 0. The molecule has 0 atom stereocenters. The van der Waals surface area contributed by atoms with Crippen molar-refractivity contribution < 1.29 is 32.5 Å². The van der Waals surface area contributed by atoms with Crippen molar-refractivity contribution in [3.05, 3.63) is 36.4 Å². The Kier molecular flexibility index (Phi) is 27.9. The average Bonchev–Trinajstić information content (AvgIpc) is 1.96. The van der Waals surface area contributed by atoms with Crippen molar-refractivity contribution in [1.29, 1.82) is 0 Å². The van der Waals surface area contributed by atoms with Crippen LogP contribution in [0.3, 0.4) is 0 Å². The molecule has 0 fully saturated rings. The molecular weight excluding hydrogens is 508 g/mol. The van der Waals surface area contributed by atoms with Gasteiger partial charge in [-0.3, -0.25) is 0 Å². The van der Waals surface area contributed by atoms with E-state index in [1.54, 1.807) is 0 Å². The van der Waals surface area contributed by atoms with Gasteiger partial charge in [-0.15, -0.1) is 0 Å². The molecule has 0 aliphatic rings. The molecule has 1 aromatic rings. The SMILES string of the molecule is C=O.[Hg].[PbH2].c1ccccc1. The number of hydrogen-bond donors (Lipinski definition) is 0. The maximum absolute atomic E-state index is 8.00. The normalized spacial score (nSPS) is 5.20. The second kappa shape index (κ2) is 16.4. The van der Waals surface area contributed by atoms with E-state index in [9.17, 15) is 0 Å². The van der Waals surface area contributed by atoms with Crippen LogP contribution < -0.4 is 0 Å². The number of carbonyl (C=O) groups is 1. The van der Waals surface area contributed by atoms with Gasteiger partial charge in [0.2, 0.25) is 0 Å². The fraction of sp³-hybridized carbons (Fsp3) is 0. The molecule has 0 bridgehead atoms. The average molecular weight is 518 g/mol. The molecule has 1 nitrogen and oxygen atoms in total. The first-order chi connectivity index (χ1) is 4.00. The fourth-order valence-electron chi connectivity index (χ4n) is 0.385. The summed E-state index contributed by atoms with van der Waals surface area (Å²) in [5.41, 5.74) is 0. The van der Waals surface area contributed by atoms with E-state index in [4.69, 9.17) is 4.79 Å². The molecule has 0 aromatic heterocycles. The van der Waals surface area contributed by atoms with Gasteiger partial charge in [0.25, 0.3) is 0 Å². The van der Waals surface area contributed by atoms with Crippen LogP contribution >= 0.6 is 0 Å². The molecule has 0 aliphatic heterocycles. The Morgan fingerprint density at radius 2 is 0.800 bits per heavy atom. The molecule has 0 N–H and O–H groups in total. The molecule has 50 valence electrons. The molecule has 0 saturated carbocycles. The minimum atomic E-state index is 0. The predicted molar refractivity (Wildman–Crippen MR) is 42.1 cm³/mol. The van der Waals surface area contributed by atoms with E-state index in [-0.39, 0.29) is 55.0 Å². The van der Waals surface area contributed by atoms with E-state index in [0.29, 0.717) is 0 Å². The topological polar surface area (TPSA) is 17.1 Å². The molecule has 0 spiro atoms. The summed E-state index contributed by atoms with van der Waals surface area (Å²) >= 11 is 0. The standard InChI is InChI=1S/C6H6.CH2O.Hg.Pb.2H/c1-2-4-6-5-3-1;1-2;;;;/h1-6H;1H2;;;;. The quantitative estimate of drug-likeness (QED) is 0.460. The van der Waals surface area contributed by atoms with E-state index in [0.717, 1.165) is 0 Å². The minimum Gasteiger partial charge on any atom is -0.0623 e. The molecule has 0 heterocycles. The molecule has 10 heavy (non-hydrogen) atoms. The largest absolute Gasteiger partial charge is 0.0623 e. The summed E-state index contributed by atoms with van der Waals surface area (Å²) in [6, 6.07) is 12.0. The smallest absolute Gasteiger partial charge is 0.0623 e. The molecular formula is C7H10HgOPb. The summed E-state index contributed by atoms with van der Waals surface area (Å²) in [5, 5.41) is 0. The Labute approximate surface area is 102 Å². The van der Waals surface area contributed by atoms with E-state index >= 15 is 0 Å². The Hall–Kier alpha value is 0.747. The van der Waals surface area contributed by atoms with Crippen molar-refractivity contribution >= 4 is 34.1 Å². The van der Waals surface area contributed by atoms with Gasteiger partial charge < -0.3 is 4.79 Å². The van der Waals surface area contributed by atoms with Gasteiger partial charge in [-0.25, -0.2) is 0 Å². The molecule has 0 aliphatic carbocycles. The third-order valence-corrected chi connectivity index (χ3v) is 0.667. The van der Waals surface area contributed by atoms with Crippen LogP contribution in [0.15, 0.2) is 36.4 Å². The van der Waals surface area contributed by atoms with Crippen molar-refractivity contribution in [2.24, 2.45) is 0 Å². The Morgan fingerprint density at radius 3 is 0.900 bits per heavy atom. The summed E-state index contributed by atoms with van der Waals surface area (Å²) in [7, 11) is 0. The first-order valence-electron chi connectivity index (χ1n) is 2.29. The molecule has 0 saturated heterocycles. The molecule has 2 radical (unpaired) electrons. The van der Waals surface area contributed by atoms with Crippen LogP contribution in [0.2, 0.25) is 0 Å². The second-order valence-corrected chi connectivity index (χ2v) is 1.15. The van der Waals surface area contributed by atoms with Crippen molar-refractivity contribution in [2.75, 3.05) is 0 Å². The van der Waals surface area contributed by atoms with Crippen LogP contribution in [0.5, 0.6) is 0 Å². The van der Waals surface area contributed by atoms with Gasteiger partial charge in [-0.1, -0.05) is 36.4 Å². The van der Waals surface area contributed by atoms with Crippen LogP contribution in [-0.2, 0) is 32.5 Å². The fourth-order valence-corrected chi connectivity index (χ4v) is 0.385. The molecule has 0 amide bonds. The maximum Gasteiger partial charge on any atom is -0.0623 e. The van der Waals surface area contributed by atoms with Gasteiger partial charge in [-0.2, -0.15) is 0 Å². The van der Waals surface area contributed by atoms with E-state index < -0.39 is 0 Å². The van der Waals surface area contributed by atoms with Gasteiger partial charge >= 0.3 is 27.3 Å². The predicted octanol–water partition coefficient (Wildman–Crippen LogP) is 0.583. The summed E-state index contributed by atoms with van der Waals surface area (Å²) < 4.78 is 0. The Bertz CT molecular complexity index is 96.5. The summed E-state index contributed by atoms with van der Waals surface area (Å²) in [6.45, 7) is 2.00. The third kappa shape index (κ3) is 11.5. The van der Waals surface area contributed by atoms with Crippen molar-refractivity contribution in [3.8, 4) is 0 Å². The van der Waals surface area contributed by atoms with Crippen LogP contribution in [0.25, 0.3) is 0 Å². The monoisotopic (exact) mass is 520 g/mol. The molecule has 1 rings (SSSR count). The van der Waals surface area contributed by atoms with Crippen LogP contribution in [0.4, 0.5) is 0 Å². The van der Waals surface area contributed by atoms with Gasteiger partial charge in [0.1, 0.15) is 6.79 Å². The number of carbonyl (C=O) groups excluding carboxylic acids is 1. The van der Waals surface area contributed by atoms with Crippen LogP contribution in [-0.4, -0.2) is 34.1 Å². The second-order valence-electron chi connectivity index (χ2n) is 1.15. The molecule has 1 aromatic carbocycles. The molecule has 0 unspecified atom stereocenters. The zero-order chi connectivity index (χ0) is 6.24. The zero-order valence-electron chi connectivity index (χ0n) is 5.99. The number of rotatable bonds is 0.